The van der Waals surface area contributed by atoms with Gasteiger partial charge in [-0.2, -0.15) is 5.10 Å². The van der Waals surface area contributed by atoms with E-state index in [2.05, 4.69) is 10.5 Å². The van der Waals surface area contributed by atoms with E-state index in [1.54, 1.807) is 17.6 Å². The summed E-state index contributed by atoms with van der Waals surface area (Å²) in [6.45, 7) is 6.50. The molecule has 4 nitrogen and oxygen atoms in total. The van der Waals surface area contributed by atoms with Gasteiger partial charge in [0.2, 0.25) is 0 Å². The highest BCUT2D eigenvalue weighted by molar-refractivity contribution is 7.10. The van der Waals surface area contributed by atoms with Crippen LogP contribution in [-0.4, -0.2) is 18.7 Å². The normalized spacial score (nSPS) is 10.8. The summed E-state index contributed by atoms with van der Waals surface area (Å²) < 4.78 is 5.41. The molecule has 0 saturated carbocycles. The van der Waals surface area contributed by atoms with Crippen molar-refractivity contribution in [2.75, 3.05) is 6.61 Å². The molecule has 0 unspecified atom stereocenters. The van der Waals surface area contributed by atoms with Crippen LogP contribution in [0.15, 0.2) is 34.7 Å². The van der Waals surface area contributed by atoms with Crippen LogP contribution in [-0.2, 0) is 0 Å². The van der Waals surface area contributed by atoms with Gasteiger partial charge in [0.15, 0.2) is 0 Å². The maximum atomic E-state index is 12.0. The fourth-order valence-corrected chi connectivity index (χ4v) is 2.68. The van der Waals surface area contributed by atoms with Gasteiger partial charge in [0.1, 0.15) is 5.75 Å². The summed E-state index contributed by atoms with van der Waals surface area (Å²) in [5.74, 6) is 0.603. The van der Waals surface area contributed by atoms with Gasteiger partial charge in [-0.3, -0.25) is 4.79 Å². The molecule has 1 amide bonds. The Labute approximate surface area is 128 Å². The first-order chi connectivity index (χ1) is 10.1. The Kier molecular flexibility index (Phi) is 5.11. The zero-order chi connectivity index (χ0) is 15.2. The molecule has 0 aliphatic rings. The monoisotopic (exact) mass is 302 g/mol. The van der Waals surface area contributed by atoms with Gasteiger partial charge in [0.25, 0.3) is 5.91 Å². The fraction of sp³-hybridized carbons (Fsp3) is 0.250. The number of rotatable bonds is 5. The summed E-state index contributed by atoms with van der Waals surface area (Å²) in [6.07, 6.45) is 1.61. The van der Waals surface area contributed by atoms with Crippen molar-refractivity contribution in [3.8, 4) is 5.75 Å². The Bertz CT molecular complexity index is 662. The summed E-state index contributed by atoms with van der Waals surface area (Å²) in [7, 11) is 0. The number of thiophene rings is 1. The largest absolute Gasteiger partial charge is 0.494 e. The Hall–Kier alpha value is -2.14. The molecule has 0 aliphatic carbocycles. The highest BCUT2D eigenvalue weighted by atomic mass is 32.1. The molecule has 1 N–H and O–H groups in total. The number of ether oxygens (including phenoxy) is 1. The molecular weight excluding hydrogens is 284 g/mol. The van der Waals surface area contributed by atoms with Crippen LogP contribution in [0.4, 0.5) is 0 Å². The van der Waals surface area contributed by atoms with E-state index in [-0.39, 0.29) is 5.91 Å². The first kappa shape index (κ1) is 15.3. The minimum absolute atomic E-state index is 0.186. The van der Waals surface area contributed by atoms with Crippen molar-refractivity contribution < 1.29 is 9.53 Å². The second kappa shape index (κ2) is 7.04. The number of hydrogen-bond donors (Lipinski definition) is 1. The van der Waals surface area contributed by atoms with Crippen molar-refractivity contribution in [2.45, 2.75) is 20.8 Å². The van der Waals surface area contributed by atoms with E-state index in [1.807, 2.05) is 50.4 Å². The molecule has 110 valence electrons. The van der Waals surface area contributed by atoms with Gasteiger partial charge in [-0.1, -0.05) is 12.1 Å². The van der Waals surface area contributed by atoms with E-state index < -0.39 is 0 Å². The topological polar surface area (TPSA) is 50.7 Å². The quantitative estimate of drug-likeness (QED) is 0.678. The minimum atomic E-state index is -0.186. The van der Waals surface area contributed by atoms with E-state index >= 15 is 0 Å². The van der Waals surface area contributed by atoms with Crippen LogP contribution in [0.1, 0.15) is 33.3 Å². The van der Waals surface area contributed by atoms with Gasteiger partial charge >= 0.3 is 0 Å². The molecule has 0 bridgehead atoms. The van der Waals surface area contributed by atoms with Crippen LogP contribution >= 0.6 is 11.3 Å². The molecule has 0 saturated heterocycles. The average Bonchev–Trinajstić information content (AvgIpc) is 2.80. The summed E-state index contributed by atoms with van der Waals surface area (Å²) in [6, 6.07) is 7.55. The second-order valence-corrected chi connectivity index (χ2v) is 5.62. The van der Waals surface area contributed by atoms with Gasteiger partial charge in [-0.05, 0) is 44.0 Å². The number of carbonyl (C=O) groups excluding carboxylic acids is 1. The number of hydrogen-bond acceptors (Lipinski definition) is 4. The number of hydrazone groups is 1. The minimum Gasteiger partial charge on any atom is -0.494 e. The lowest BCUT2D eigenvalue weighted by Gasteiger charge is -2.03. The number of benzene rings is 1. The predicted molar refractivity (Wildman–Crippen MR) is 86.5 cm³/mol. The van der Waals surface area contributed by atoms with Crippen molar-refractivity contribution in [3.05, 3.63) is 51.2 Å². The van der Waals surface area contributed by atoms with Gasteiger partial charge < -0.3 is 4.74 Å². The third-order valence-corrected chi connectivity index (χ3v) is 4.09. The number of amides is 1. The van der Waals surface area contributed by atoms with Gasteiger partial charge in [-0.25, -0.2) is 5.43 Å². The lowest BCUT2D eigenvalue weighted by molar-refractivity contribution is 0.0955. The highest BCUT2D eigenvalue weighted by Crippen LogP contribution is 2.20. The summed E-state index contributed by atoms with van der Waals surface area (Å²) in [5.41, 5.74) is 5.11. The maximum absolute atomic E-state index is 12.0. The highest BCUT2D eigenvalue weighted by Gasteiger charge is 2.11. The molecule has 0 fully saturated rings. The average molecular weight is 302 g/mol. The Morgan fingerprint density at radius 3 is 2.90 bits per heavy atom. The lowest BCUT2D eigenvalue weighted by atomic mass is 10.2. The van der Waals surface area contributed by atoms with Crippen molar-refractivity contribution in [1.82, 2.24) is 5.43 Å². The van der Waals surface area contributed by atoms with Crippen LogP contribution in [0.5, 0.6) is 5.75 Å². The molecule has 1 aromatic carbocycles. The molecule has 1 heterocycles. The Morgan fingerprint density at radius 2 is 2.24 bits per heavy atom. The fourth-order valence-electron chi connectivity index (χ4n) is 1.81. The third kappa shape index (κ3) is 3.92. The van der Waals surface area contributed by atoms with E-state index in [0.29, 0.717) is 12.2 Å². The molecule has 1 aromatic heterocycles. The molecule has 21 heavy (non-hydrogen) atoms. The summed E-state index contributed by atoms with van der Waals surface area (Å²) in [4.78, 5) is 13.1. The van der Waals surface area contributed by atoms with Gasteiger partial charge in [0, 0.05) is 10.3 Å². The third-order valence-electron chi connectivity index (χ3n) is 3.08. The van der Waals surface area contributed by atoms with Crippen molar-refractivity contribution >= 4 is 23.5 Å². The molecule has 5 heteroatoms. The zero-order valence-corrected chi connectivity index (χ0v) is 13.2. The summed E-state index contributed by atoms with van der Waals surface area (Å²) >= 11 is 1.57. The second-order valence-electron chi connectivity index (χ2n) is 4.54. The van der Waals surface area contributed by atoms with E-state index in [1.165, 1.54) is 0 Å². The van der Waals surface area contributed by atoms with Crippen LogP contribution in [0.2, 0.25) is 0 Å². The van der Waals surface area contributed by atoms with Crippen LogP contribution in [0, 0.1) is 13.8 Å². The van der Waals surface area contributed by atoms with Gasteiger partial charge in [-0.15, -0.1) is 11.3 Å². The van der Waals surface area contributed by atoms with E-state index in [4.69, 9.17) is 4.74 Å². The Balaban J connectivity index is 2.00. The van der Waals surface area contributed by atoms with Gasteiger partial charge in [0.05, 0.1) is 18.4 Å². The van der Waals surface area contributed by atoms with Crippen molar-refractivity contribution in [1.29, 1.82) is 0 Å². The molecule has 0 spiro atoms. The van der Waals surface area contributed by atoms with E-state index in [0.717, 1.165) is 21.8 Å². The van der Waals surface area contributed by atoms with Crippen molar-refractivity contribution in [3.63, 3.8) is 0 Å². The molecule has 2 aromatic rings. The number of aryl methyl sites for hydroxylation is 1. The number of carbonyl (C=O) groups is 1. The first-order valence-corrected chi connectivity index (χ1v) is 7.60. The predicted octanol–water partition coefficient (Wildman–Crippen LogP) is 3.53. The zero-order valence-electron chi connectivity index (χ0n) is 12.3. The SMILES string of the molecule is CCOc1cccc(/C=N\NC(=O)c2csc(C)c2C)c1. The molecule has 0 radical (unpaired) electrons. The molecule has 0 atom stereocenters. The smallest absolute Gasteiger partial charge is 0.272 e. The molecule has 2 rings (SSSR count). The lowest BCUT2D eigenvalue weighted by Crippen LogP contribution is -2.17. The molecular formula is C16H18N2O2S. The maximum Gasteiger partial charge on any atom is 0.272 e. The Morgan fingerprint density at radius 1 is 1.43 bits per heavy atom. The number of nitrogens with zero attached hydrogens (tertiary/aromatic N) is 1. The molecule has 0 aliphatic heterocycles. The standard InChI is InChI=1S/C16H18N2O2S/c1-4-20-14-7-5-6-13(8-14)9-17-18-16(19)15-10-21-12(3)11(15)2/h5-10H,4H2,1-3H3,(H,18,19)/b17-9-. The van der Waals surface area contributed by atoms with Crippen LogP contribution in [0.3, 0.4) is 0 Å². The van der Waals surface area contributed by atoms with Crippen LogP contribution < -0.4 is 10.2 Å². The van der Waals surface area contributed by atoms with Crippen LogP contribution in [0.25, 0.3) is 0 Å². The summed E-state index contributed by atoms with van der Waals surface area (Å²) in [5, 5.41) is 5.85. The van der Waals surface area contributed by atoms with Crippen molar-refractivity contribution in [2.24, 2.45) is 5.10 Å². The number of nitrogens with one attached hydrogen (secondary N) is 1. The van der Waals surface area contributed by atoms with E-state index in [9.17, 15) is 4.79 Å². The first-order valence-electron chi connectivity index (χ1n) is 6.72.